The number of amides is 1. The number of alkyl halides is 3. The normalized spacial score (nSPS) is 20.0. The van der Waals surface area contributed by atoms with E-state index in [9.17, 15) is 22.8 Å². The van der Waals surface area contributed by atoms with E-state index in [-0.39, 0.29) is 32.5 Å². The van der Waals surface area contributed by atoms with Crippen molar-refractivity contribution in [2.24, 2.45) is 5.92 Å². The van der Waals surface area contributed by atoms with Gasteiger partial charge in [0.25, 0.3) is 0 Å². The minimum Gasteiger partial charge on any atom is -0.480 e. The van der Waals surface area contributed by atoms with E-state index in [0.29, 0.717) is 0 Å². The van der Waals surface area contributed by atoms with E-state index in [1.54, 1.807) is 4.90 Å². The summed E-state index contributed by atoms with van der Waals surface area (Å²) >= 11 is 0. The molecule has 0 aromatic rings. The third-order valence-electron chi connectivity index (χ3n) is 3.17. The zero-order valence-electron chi connectivity index (χ0n) is 10.5. The summed E-state index contributed by atoms with van der Waals surface area (Å²) in [6.07, 6.45) is -4.25. The Morgan fingerprint density at radius 3 is 2.26 bits per heavy atom. The first-order valence-electron chi connectivity index (χ1n) is 5.99. The number of carboxylic acid groups (broad SMARTS) is 1. The SMILES string of the molecule is CC(=O)NC(CN1CCC(C(F)(F)F)CC1)C(=O)O. The molecule has 1 fully saturated rings. The summed E-state index contributed by atoms with van der Waals surface area (Å²) in [5.74, 6) is -2.97. The van der Waals surface area contributed by atoms with Gasteiger partial charge in [-0.3, -0.25) is 4.79 Å². The number of carbonyl (C=O) groups is 2. The number of piperidine rings is 1. The number of nitrogens with one attached hydrogen (secondary N) is 1. The van der Waals surface area contributed by atoms with E-state index in [4.69, 9.17) is 5.11 Å². The molecule has 110 valence electrons. The number of carboxylic acids is 1. The number of rotatable bonds is 4. The number of likely N-dealkylation sites (tertiary alicyclic amines) is 1. The Morgan fingerprint density at radius 1 is 1.37 bits per heavy atom. The van der Waals surface area contributed by atoms with E-state index in [0.717, 1.165) is 0 Å². The van der Waals surface area contributed by atoms with E-state index >= 15 is 0 Å². The minimum atomic E-state index is -4.18. The van der Waals surface area contributed by atoms with Crippen molar-refractivity contribution in [2.75, 3.05) is 19.6 Å². The van der Waals surface area contributed by atoms with Crippen LogP contribution in [0.5, 0.6) is 0 Å². The Bertz CT molecular complexity index is 339. The number of carbonyl (C=O) groups excluding carboxylic acids is 1. The van der Waals surface area contributed by atoms with E-state index in [1.807, 2.05) is 0 Å². The summed E-state index contributed by atoms with van der Waals surface area (Å²) in [5.41, 5.74) is 0. The highest BCUT2D eigenvalue weighted by atomic mass is 19.4. The molecule has 1 saturated heterocycles. The Labute approximate surface area is 108 Å². The average Bonchev–Trinajstić information content (AvgIpc) is 2.27. The van der Waals surface area contributed by atoms with E-state index in [1.165, 1.54) is 6.92 Å². The van der Waals surface area contributed by atoms with Crippen molar-refractivity contribution in [1.82, 2.24) is 10.2 Å². The third-order valence-corrected chi connectivity index (χ3v) is 3.17. The molecule has 1 amide bonds. The molecule has 8 heteroatoms. The van der Waals surface area contributed by atoms with Crippen molar-refractivity contribution >= 4 is 11.9 Å². The predicted molar refractivity (Wildman–Crippen MR) is 60.5 cm³/mol. The lowest BCUT2D eigenvalue weighted by Crippen LogP contribution is -2.50. The Balaban J connectivity index is 2.47. The molecule has 0 radical (unpaired) electrons. The summed E-state index contributed by atoms with van der Waals surface area (Å²) in [5, 5.41) is 11.2. The van der Waals surface area contributed by atoms with Gasteiger partial charge in [0.2, 0.25) is 5.91 Å². The molecule has 0 bridgehead atoms. The zero-order chi connectivity index (χ0) is 14.6. The molecule has 19 heavy (non-hydrogen) atoms. The molecule has 0 aliphatic carbocycles. The second-order valence-electron chi connectivity index (χ2n) is 4.71. The van der Waals surface area contributed by atoms with E-state index < -0.39 is 30.0 Å². The second kappa shape index (κ2) is 6.23. The molecule has 1 rings (SSSR count). The first kappa shape index (κ1) is 15.7. The molecule has 5 nitrogen and oxygen atoms in total. The molecule has 0 aromatic heterocycles. The maximum atomic E-state index is 12.5. The van der Waals surface area contributed by atoms with Gasteiger partial charge >= 0.3 is 12.1 Å². The second-order valence-corrected chi connectivity index (χ2v) is 4.71. The topological polar surface area (TPSA) is 69.6 Å². The van der Waals surface area contributed by atoms with Crippen LogP contribution >= 0.6 is 0 Å². The molecule has 1 aliphatic heterocycles. The molecule has 2 N–H and O–H groups in total. The Morgan fingerprint density at radius 2 is 1.89 bits per heavy atom. The maximum absolute atomic E-state index is 12.5. The number of nitrogens with zero attached hydrogens (tertiary/aromatic N) is 1. The molecule has 1 atom stereocenters. The summed E-state index contributed by atoms with van der Waals surface area (Å²) in [7, 11) is 0. The molecule has 0 aromatic carbocycles. The van der Waals surface area contributed by atoms with Crippen LogP contribution in [0.15, 0.2) is 0 Å². The molecule has 0 spiro atoms. The van der Waals surface area contributed by atoms with Crippen molar-refractivity contribution in [3.8, 4) is 0 Å². The fourth-order valence-corrected chi connectivity index (χ4v) is 2.13. The van der Waals surface area contributed by atoms with Crippen molar-refractivity contribution in [3.63, 3.8) is 0 Å². The molecular weight excluding hydrogens is 265 g/mol. The van der Waals surface area contributed by atoms with Gasteiger partial charge in [-0.15, -0.1) is 0 Å². The number of hydrogen-bond acceptors (Lipinski definition) is 3. The number of aliphatic carboxylic acids is 1. The van der Waals surface area contributed by atoms with Gasteiger partial charge in [0.05, 0.1) is 5.92 Å². The van der Waals surface area contributed by atoms with Crippen LogP contribution in [-0.2, 0) is 9.59 Å². The maximum Gasteiger partial charge on any atom is 0.391 e. The number of hydrogen-bond donors (Lipinski definition) is 2. The quantitative estimate of drug-likeness (QED) is 0.802. The summed E-state index contributed by atoms with van der Waals surface area (Å²) < 4.78 is 37.4. The smallest absolute Gasteiger partial charge is 0.391 e. The fourth-order valence-electron chi connectivity index (χ4n) is 2.13. The van der Waals surface area contributed by atoms with Crippen LogP contribution in [0.25, 0.3) is 0 Å². The summed E-state index contributed by atoms with van der Waals surface area (Å²) in [6.45, 7) is 1.60. The summed E-state index contributed by atoms with van der Waals surface area (Å²) in [4.78, 5) is 23.4. The van der Waals surface area contributed by atoms with Gasteiger partial charge in [0.1, 0.15) is 6.04 Å². The van der Waals surface area contributed by atoms with Crippen LogP contribution in [-0.4, -0.2) is 53.7 Å². The lowest BCUT2D eigenvalue weighted by atomic mass is 9.96. The third kappa shape index (κ3) is 5.06. The first-order valence-corrected chi connectivity index (χ1v) is 5.99. The minimum absolute atomic E-state index is 0.0273. The molecule has 1 heterocycles. The van der Waals surface area contributed by atoms with Crippen LogP contribution in [0.3, 0.4) is 0 Å². The van der Waals surface area contributed by atoms with Crippen molar-refractivity contribution in [3.05, 3.63) is 0 Å². The molecule has 1 unspecified atom stereocenters. The Hall–Kier alpha value is -1.31. The standard InChI is InChI=1S/C11H17F3N2O3/c1-7(17)15-9(10(18)19)6-16-4-2-8(3-5-16)11(12,13)14/h8-9H,2-6H2,1H3,(H,15,17)(H,18,19). The van der Waals surface area contributed by atoms with Gasteiger partial charge < -0.3 is 15.3 Å². The van der Waals surface area contributed by atoms with Crippen molar-refractivity contribution in [2.45, 2.75) is 32.0 Å². The highest BCUT2D eigenvalue weighted by molar-refractivity contribution is 5.82. The van der Waals surface area contributed by atoms with Crippen LogP contribution < -0.4 is 5.32 Å². The summed E-state index contributed by atoms with van der Waals surface area (Å²) in [6, 6.07) is -1.08. The monoisotopic (exact) mass is 282 g/mol. The van der Waals surface area contributed by atoms with Crippen molar-refractivity contribution in [1.29, 1.82) is 0 Å². The van der Waals surface area contributed by atoms with Crippen LogP contribution in [0.4, 0.5) is 13.2 Å². The predicted octanol–water partition coefficient (Wildman–Crippen LogP) is 0.850. The fraction of sp³-hybridized carbons (Fsp3) is 0.818. The van der Waals surface area contributed by atoms with E-state index in [2.05, 4.69) is 5.32 Å². The van der Waals surface area contributed by atoms with Gasteiger partial charge in [0.15, 0.2) is 0 Å². The van der Waals surface area contributed by atoms with Gasteiger partial charge in [-0.25, -0.2) is 4.79 Å². The largest absolute Gasteiger partial charge is 0.480 e. The highest BCUT2D eigenvalue weighted by Gasteiger charge is 2.41. The molecular formula is C11H17F3N2O3. The van der Waals surface area contributed by atoms with Gasteiger partial charge in [-0.05, 0) is 25.9 Å². The van der Waals surface area contributed by atoms with Crippen LogP contribution in [0.2, 0.25) is 0 Å². The number of halogens is 3. The Kier molecular flexibility index (Phi) is 5.16. The lowest BCUT2D eigenvalue weighted by Gasteiger charge is -2.34. The van der Waals surface area contributed by atoms with Gasteiger partial charge in [0, 0.05) is 13.5 Å². The first-order chi connectivity index (χ1) is 8.70. The van der Waals surface area contributed by atoms with Crippen molar-refractivity contribution < 1.29 is 27.9 Å². The zero-order valence-corrected chi connectivity index (χ0v) is 10.5. The average molecular weight is 282 g/mol. The molecule has 1 aliphatic rings. The van der Waals surface area contributed by atoms with Gasteiger partial charge in [-0.2, -0.15) is 13.2 Å². The van der Waals surface area contributed by atoms with Crippen LogP contribution in [0, 0.1) is 5.92 Å². The van der Waals surface area contributed by atoms with Crippen LogP contribution in [0.1, 0.15) is 19.8 Å². The lowest BCUT2D eigenvalue weighted by molar-refractivity contribution is -0.185. The highest BCUT2D eigenvalue weighted by Crippen LogP contribution is 2.33. The van der Waals surface area contributed by atoms with Gasteiger partial charge in [-0.1, -0.05) is 0 Å². The molecule has 0 saturated carbocycles.